The van der Waals surface area contributed by atoms with Crippen LogP contribution in [0.1, 0.15) is 50.8 Å². The van der Waals surface area contributed by atoms with Crippen LogP contribution < -0.4 is 5.32 Å². The summed E-state index contributed by atoms with van der Waals surface area (Å²) in [5.41, 5.74) is 4.57. The molecule has 0 radical (unpaired) electrons. The third kappa shape index (κ3) is 5.22. The van der Waals surface area contributed by atoms with Gasteiger partial charge in [-0.05, 0) is 51.1 Å². The van der Waals surface area contributed by atoms with Gasteiger partial charge in [-0.25, -0.2) is 0 Å². The number of hydrogen-bond donors (Lipinski definition) is 1. The lowest BCUT2D eigenvalue weighted by molar-refractivity contribution is 0.289. The molecule has 0 saturated carbocycles. The first kappa shape index (κ1) is 15.2. The molecule has 0 aliphatic carbocycles. The molecule has 0 spiro atoms. The highest BCUT2D eigenvalue weighted by Gasteiger charge is 2.21. The highest BCUT2D eigenvalue weighted by Crippen LogP contribution is 2.28. The van der Waals surface area contributed by atoms with E-state index in [9.17, 15) is 0 Å². The molecule has 1 N–H and O–H groups in total. The molecule has 102 valence electrons. The molecule has 0 heterocycles. The molecule has 1 aromatic carbocycles. The summed E-state index contributed by atoms with van der Waals surface area (Å²) in [6.45, 7) is 14.6. The average molecular weight is 247 g/mol. The van der Waals surface area contributed by atoms with Gasteiger partial charge in [0.2, 0.25) is 0 Å². The summed E-state index contributed by atoms with van der Waals surface area (Å²) in [7, 11) is 0. The highest BCUT2D eigenvalue weighted by atomic mass is 14.9. The SMILES string of the molecule is CCNC(C)CC(C)(C)Cc1cc(C)cc(C)c1. The zero-order valence-electron chi connectivity index (χ0n) is 12.9. The fourth-order valence-corrected chi connectivity index (χ4v) is 3.05. The van der Waals surface area contributed by atoms with Gasteiger partial charge in [0.1, 0.15) is 0 Å². The fraction of sp³-hybridized carbons (Fsp3) is 0.647. The second-order valence-corrected chi connectivity index (χ2v) is 6.50. The summed E-state index contributed by atoms with van der Waals surface area (Å²) in [6.07, 6.45) is 2.37. The minimum Gasteiger partial charge on any atom is -0.315 e. The van der Waals surface area contributed by atoms with Crippen LogP contribution in [0.4, 0.5) is 0 Å². The summed E-state index contributed by atoms with van der Waals surface area (Å²) in [5, 5.41) is 3.51. The van der Waals surface area contributed by atoms with Crippen molar-refractivity contribution in [2.45, 2.75) is 60.4 Å². The smallest absolute Gasteiger partial charge is 0.00438 e. The molecule has 0 bridgehead atoms. The molecular weight excluding hydrogens is 218 g/mol. The number of nitrogens with one attached hydrogen (secondary N) is 1. The van der Waals surface area contributed by atoms with Crippen LogP contribution in [-0.4, -0.2) is 12.6 Å². The van der Waals surface area contributed by atoms with E-state index in [2.05, 4.69) is 65.1 Å². The van der Waals surface area contributed by atoms with Crippen molar-refractivity contribution in [2.24, 2.45) is 5.41 Å². The lowest BCUT2D eigenvalue weighted by atomic mass is 9.80. The maximum Gasteiger partial charge on any atom is 0.00438 e. The molecular formula is C17H29N. The Morgan fingerprint density at radius 2 is 1.67 bits per heavy atom. The van der Waals surface area contributed by atoms with Crippen LogP contribution in [0.25, 0.3) is 0 Å². The molecule has 1 nitrogen and oxygen atoms in total. The quantitative estimate of drug-likeness (QED) is 0.792. The van der Waals surface area contributed by atoms with E-state index in [1.807, 2.05) is 0 Å². The van der Waals surface area contributed by atoms with Crippen LogP contribution in [0, 0.1) is 19.3 Å². The first-order valence-corrected chi connectivity index (χ1v) is 7.13. The Labute approximate surface area is 113 Å². The first-order valence-electron chi connectivity index (χ1n) is 7.13. The van der Waals surface area contributed by atoms with Crippen LogP contribution in [0.3, 0.4) is 0 Å². The van der Waals surface area contributed by atoms with Gasteiger partial charge in [-0.2, -0.15) is 0 Å². The van der Waals surface area contributed by atoms with Crippen LogP contribution in [0.5, 0.6) is 0 Å². The Hall–Kier alpha value is -0.820. The summed E-state index contributed by atoms with van der Waals surface area (Å²) in [4.78, 5) is 0. The highest BCUT2D eigenvalue weighted by molar-refractivity contribution is 5.29. The Balaban J connectivity index is 2.69. The van der Waals surface area contributed by atoms with Crippen molar-refractivity contribution in [2.75, 3.05) is 6.54 Å². The minimum atomic E-state index is 0.349. The zero-order valence-corrected chi connectivity index (χ0v) is 12.9. The summed E-state index contributed by atoms with van der Waals surface area (Å²) >= 11 is 0. The molecule has 0 fully saturated rings. The molecule has 0 aromatic heterocycles. The van der Waals surface area contributed by atoms with Gasteiger partial charge in [0, 0.05) is 6.04 Å². The lowest BCUT2D eigenvalue weighted by Crippen LogP contribution is -2.32. The molecule has 0 amide bonds. The van der Waals surface area contributed by atoms with Crippen LogP contribution in [0.15, 0.2) is 18.2 Å². The molecule has 0 saturated heterocycles. The van der Waals surface area contributed by atoms with Gasteiger partial charge in [0.15, 0.2) is 0 Å². The van der Waals surface area contributed by atoms with Crippen molar-refractivity contribution >= 4 is 0 Å². The van der Waals surface area contributed by atoms with Crippen molar-refractivity contribution in [3.63, 3.8) is 0 Å². The monoisotopic (exact) mass is 247 g/mol. The van der Waals surface area contributed by atoms with Crippen molar-refractivity contribution in [3.05, 3.63) is 34.9 Å². The minimum absolute atomic E-state index is 0.349. The average Bonchev–Trinajstić information content (AvgIpc) is 2.13. The zero-order chi connectivity index (χ0) is 13.8. The van der Waals surface area contributed by atoms with E-state index in [0.29, 0.717) is 11.5 Å². The predicted molar refractivity (Wildman–Crippen MR) is 81.2 cm³/mol. The van der Waals surface area contributed by atoms with Crippen molar-refractivity contribution in [1.29, 1.82) is 0 Å². The normalized spacial score (nSPS) is 13.7. The van der Waals surface area contributed by atoms with Crippen molar-refractivity contribution in [3.8, 4) is 0 Å². The summed E-state index contributed by atoms with van der Waals surface area (Å²) in [6, 6.07) is 7.49. The van der Waals surface area contributed by atoms with E-state index < -0.39 is 0 Å². The summed E-state index contributed by atoms with van der Waals surface area (Å²) in [5.74, 6) is 0. The van der Waals surface area contributed by atoms with E-state index in [1.54, 1.807) is 0 Å². The van der Waals surface area contributed by atoms with Crippen LogP contribution >= 0.6 is 0 Å². The van der Waals surface area contributed by atoms with Gasteiger partial charge < -0.3 is 5.32 Å². The van der Waals surface area contributed by atoms with Gasteiger partial charge >= 0.3 is 0 Å². The van der Waals surface area contributed by atoms with Gasteiger partial charge in [0.25, 0.3) is 0 Å². The third-order valence-corrected chi connectivity index (χ3v) is 3.38. The Bertz CT molecular complexity index is 359. The molecule has 1 atom stereocenters. The van der Waals surface area contributed by atoms with E-state index in [0.717, 1.165) is 13.0 Å². The van der Waals surface area contributed by atoms with E-state index in [4.69, 9.17) is 0 Å². The molecule has 18 heavy (non-hydrogen) atoms. The van der Waals surface area contributed by atoms with E-state index in [1.165, 1.54) is 23.1 Å². The second-order valence-electron chi connectivity index (χ2n) is 6.50. The number of hydrogen-bond acceptors (Lipinski definition) is 1. The second kappa shape index (κ2) is 6.38. The van der Waals surface area contributed by atoms with Gasteiger partial charge in [0.05, 0.1) is 0 Å². The Morgan fingerprint density at radius 3 is 2.17 bits per heavy atom. The van der Waals surface area contributed by atoms with Crippen molar-refractivity contribution < 1.29 is 0 Å². The van der Waals surface area contributed by atoms with Gasteiger partial charge in [-0.15, -0.1) is 0 Å². The van der Waals surface area contributed by atoms with Gasteiger partial charge in [-0.1, -0.05) is 50.1 Å². The third-order valence-electron chi connectivity index (χ3n) is 3.38. The number of rotatable bonds is 6. The molecule has 1 heteroatoms. The maximum atomic E-state index is 3.51. The molecule has 0 aliphatic rings. The topological polar surface area (TPSA) is 12.0 Å². The number of benzene rings is 1. The Morgan fingerprint density at radius 1 is 1.11 bits per heavy atom. The fourth-order valence-electron chi connectivity index (χ4n) is 3.05. The standard InChI is InChI=1S/C17H29N/c1-7-18-15(4)11-17(5,6)12-16-9-13(2)8-14(3)10-16/h8-10,15,18H,7,11-12H2,1-6H3. The molecule has 1 unspecified atom stereocenters. The molecule has 0 aliphatic heterocycles. The molecule has 1 rings (SSSR count). The molecule has 1 aromatic rings. The lowest BCUT2D eigenvalue weighted by Gasteiger charge is -2.29. The van der Waals surface area contributed by atoms with Gasteiger partial charge in [-0.3, -0.25) is 0 Å². The maximum absolute atomic E-state index is 3.51. The summed E-state index contributed by atoms with van der Waals surface area (Å²) < 4.78 is 0. The first-order chi connectivity index (χ1) is 8.32. The van der Waals surface area contributed by atoms with Crippen LogP contribution in [-0.2, 0) is 6.42 Å². The number of aryl methyl sites for hydroxylation is 2. The largest absolute Gasteiger partial charge is 0.315 e. The van der Waals surface area contributed by atoms with E-state index >= 15 is 0 Å². The predicted octanol–water partition coefficient (Wildman–Crippen LogP) is 4.26. The Kier molecular flexibility index (Phi) is 5.40. The van der Waals surface area contributed by atoms with E-state index in [-0.39, 0.29) is 0 Å². The van der Waals surface area contributed by atoms with Crippen LogP contribution in [0.2, 0.25) is 0 Å². The van der Waals surface area contributed by atoms with Crippen molar-refractivity contribution in [1.82, 2.24) is 5.32 Å².